The van der Waals surface area contributed by atoms with E-state index >= 15 is 0 Å². The number of thiazole rings is 1. The van der Waals surface area contributed by atoms with E-state index in [1.807, 2.05) is 30.3 Å². The maximum atomic E-state index is 13.3. The van der Waals surface area contributed by atoms with Crippen molar-refractivity contribution in [3.63, 3.8) is 0 Å². The molecule has 2 aromatic carbocycles. The molecule has 0 radical (unpaired) electrons. The minimum atomic E-state index is -1.04. The van der Waals surface area contributed by atoms with Crippen molar-refractivity contribution in [3.05, 3.63) is 119 Å². The molecule has 33 heavy (non-hydrogen) atoms. The fourth-order valence-corrected chi connectivity index (χ4v) is 3.94. The fourth-order valence-electron chi connectivity index (χ4n) is 3.13. The van der Waals surface area contributed by atoms with Gasteiger partial charge in [-0.05, 0) is 41.0 Å². The average molecular weight is 465 g/mol. The first-order valence-electron chi connectivity index (χ1n) is 10.3. The Morgan fingerprint density at radius 3 is 2.24 bits per heavy atom. The summed E-state index contributed by atoms with van der Waals surface area (Å²) in [7, 11) is 0. The van der Waals surface area contributed by atoms with E-state index in [0.29, 0.717) is 31.2 Å². The zero-order valence-electron chi connectivity index (χ0n) is 18.1. The van der Waals surface area contributed by atoms with Crippen LogP contribution in [0.25, 0.3) is 0 Å². The van der Waals surface area contributed by atoms with Crippen LogP contribution in [0.2, 0.25) is 0 Å². The van der Waals surface area contributed by atoms with Gasteiger partial charge in [0.25, 0.3) is 0 Å². The highest BCUT2D eigenvalue weighted by Gasteiger charge is 2.14. The smallest absolute Gasteiger partial charge is 0.355 e. The number of rotatable bonds is 12. The summed E-state index contributed by atoms with van der Waals surface area (Å²) in [5.74, 6) is -0.582. The third-order valence-corrected chi connectivity index (χ3v) is 5.61. The van der Waals surface area contributed by atoms with Gasteiger partial charge in [-0.15, -0.1) is 11.3 Å². The number of carboxylic acid groups (broad SMARTS) is 1. The lowest BCUT2D eigenvalue weighted by atomic mass is 10.1. The van der Waals surface area contributed by atoms with Gasteiger partial charge in [-0.2, -0.15) is 0 Å². The molecule has 1 aromatic heterocycles. The number of halogens is 1. The predicted octanol–water partition coefficient (Wildman–Crippen LogP) is 5.86. The minimum Gasteiger partial charge on any atom is -0.489 e. The molecule has 0 saturated heterocycles. The second kappa shape index (κ2) is 11.9. The molecule has 0 aliphatic heterocycles. The molecule has 0 saturated carbocycles. The highest BCUT2D eigenvalue weighted by atomic mass is 32.1. The Morgan fingerprint density at radius 1 is 1.06 bits per heavy atom. The first-order valence-corrected chi connectivity index (χ1v) is 11.1. The Labute approximate surface area is 196 Å². The van der Waals surface area contributed by atoms with Gasteiger partial charge in [0.15, 0.2) is 5.69 Å². The van der Waals surface area contributed by atoms with Crippen molar-refractivity contribution in [1.82, 2.24) is 9.88 Å². The minimum absolute atomic E-state index is 0.0441. The monoisotopic (exact) mass is 464 g/mol. The molecule has 1 heterocycles. The molecule has 0 atom stereocenters. The van der Waals surface area contributed by atoms with Gasteiger partial charge >= 0.3 is 5.97 Å². The summed E-state index contributed by atoms with van der Waals surface area (Å²) in [6.45, 7) is 9.49. The molecule has 3 rings (SSSR count). The zero-order valence-corrected chi connectivity index (χ0v) is 18.9. The van der Waals surface area contributed by atoms with Gasteiger partial charge in [-0.1, -0.05) is 55.7 Å². The van der Waals surface area contributed by atoms with Crippen molar-refractivity contribution >= 4 is 17.3 Å². The first kappa shape index (κ1) is 24.1. The van der Waals surface area contributed by atoms with E-state index in [1.165, 1.54) is 28.8 Å². The molecular formula is C26H25FN2O3S. The molecule has 0 fully saturated rings. The number of allylic oxidation sites excluding steroid dienone is 2. The van der Waals surface area contributed by atoms with Gasteiger partial charge < -0.3 is 9.84 Å². The molecule has 0 aliphatic carbocycles. The van der Waals surface area contributed by atoms with Crippen LogP contribution < -0.4 is 4.74 Å². The Bertz CT molecular complexity index is 1120. The molecule has 170 valence electrons. The first-order chi connectivity index (χ1) is 16.0. The zero-order chi connectivity index (χ0) is 23.6. The largest absolute Gasteiger partial charge is 0.489 e. The molecule has 3 aromatic rings. The summed E-state index contributed by atoms with van der Waals surface area (Å²) >= 11 is 1.31. The molecule has 0 amide bonds. The van der Waals surface area contributed by atoms with E-state index in [-0.39, 0.29) is 11.5 Å². The topological polar surface area (TPSA) is 62.7 Å². The van der Waals surface area contributed by atoms with E-state index in [4.69, 9.17) is 9.84 Å². The molecule has 1 N–H and O–H groups in total. The Morgan fingerprint density at radius 2 is 1.70 bits per heavy atom. The van der Waals surface area contributed by atoms with E-state index in [2.05, 4.69) is 23.0 Å². The summed E-state index contributed by atoms with van der Waals surface area (Å²) in [4.78, 5) is 17.5. The van der Waals surface area contributed by atoms with Crippen LogP contribution in [0.5, 0.6) is 5.75 Å². The van der Waals surface area contributed by atoms with Crippen molar-refractivity contribution in [2.75, 3.05) is 6.61 Å². The number of aromatic carboxylic acids is 1. The van der Waals surface area contributed by atoms with Crippen molar-refractivity contribution in [1.29, 1.82) is 0 Å². The number of aromatic nitrogens is 1. The van der Waals surface area contributed by atoms with E-state index in [1.54, 1.807) is 24.3 Å². The SMILES string of the molecule is C=C/C=C(\C=C)COc1ccc(CN(Cc2ccc(F)cc2)Cc2nc(C(=O)O)cs2)cc1. The van der Waals surface area contributed by atoms with E-state index < -0.39 is 5.97 Å². The number of ether oxygens (including phenoxy) is 1. The normalized spacial score (nSPS) is 11.4. The molecule has 5 nitrogen and oxygen atoms in total. The van der Waals surface area contributed by atoms with Gasteiger partial charge in [0.05, 0.1) is 6.54 Å². The van der Waals surface area contributed by atoms with Crippen LogP contribution in [-0.4, -0.2) is 27.6 Å². The van der Waals surface area contributed by atoms with Crippen LogP contribution in [0.1, 0.15) is 26.6 Å². The summed E-state index contributed by atoms with van der Waals surface area (Å²) in [5.41, 5.74) is 2.99. The molecule has 0 aliphatic rings. The molecular weight excluding hydrogens is 439 g/mol. The van der Waals surface area contributed by atoms with Gasteiger partial charge in [-0.3, -0.25) is 4.90 Å². The van der Waals surface area contributed by atoms with Crippen LogP contribution >= 0.6 is 11.3 Å². The number of benzene rings is 2. The molecule has 0 bridgehead atoms. The van der Waals surface area contributed by atoms with E-state index in [9.17, 15) is 9.18 Å². The quantitative estimate of drug-likeness (QED) is 0.340. The van der Waals surface area contributed by atoms with E-state index in [0.717, 1.165) is 22.4 Å². The predicted molar refractivity (Wildman–Crippen MR) is 129 cm³/mol. The third-order valence-electron chi connectivity index (χ3n) is 4.78. The summed E-state index contributed by atoms with van der Waals surface area (Å²) in [5, 5.41) is 11.4. The summed E-state index contributed by atoms with van der Waals surface area (Å²) < 4.78 is 19.1. The third kappa shape index (κ3) is 7.52. The van der Waals surface area contributed by atoms with Crippen molar-refractivity contribution in [2.45, 2.75) is 19.6 Å². The number of hydrogen-bond donors (Lipinski definition) is 1. The van der Waals surface area contributed by atoms with Crippen LogP contribution in [-0.2, 0) is 19.6 Å². The average Bonchev–Trinajstić information content (AvgIpc) is 3.28. The summed E-state index contributed by atoms with van der Waals surface area (Å²) in [6, 6.07) is 14.2. The highest BCUT2D eigenvalue weighted by molar-refractivity contribution is 7.09. The Kier molecular flexibility index (Phi) is 8.69. The van der Waals surface area contributed by atoms with Gasteiger partial charge in [-0.25, -0.2) is 14.2 Å². The standard InChI is InChI=1S/C26H25FN2O3S/c1-3-5-19(4-2)17-32-23-12-8-21(9-13-23)15-29(14-20-6-10-22(27)11-7-20)16-25-28-24(18-33-25)26(30)31/h3-13,18H,1-2,14-17H2,(H,30,31)/b19-5+. The summed E-state index contributed by atoms with van der Waals surface area (Å²) in [6.07, 6.45) is 5.28. The number of nitrogens with zero attached hydrogens (tertiary/aromatic N) is 2. The second-order valence-corrected chi connectivity index (χ2v) is 8.26. The Balaban J connectivity index is 1.70. The lowest BCUT2D eigenvalue weighted by molar-refractivity contribution is 0.0691. The highest BCUT2D eigenvalue weighted by Crippen LogP contribution is 2.20. The maximum absolute atomic E-state index is 13.3. The maximum Gasteiger partial charge on any atom is 0.355 e. The molecule has 0 spiro atoms. The van der Waals surface area contributed by atoms with Crippen molar-refractivity contribution < 1.29 is 19.0 Å². The lowest BCUT2D eigenvalue weighted by Crippen LogP contribution is -2.22. The number of carboxylic acids is 1. The van der Waals surface area contributed by atoms with Gasteiger partial charge in [0.1, 0.15) is 23.2 Å². The van der Waals surface area contributed by atoms with Crippen LogP contribution in [0, 0.1) is 5.82 Å². The number of hydrogen-bond acceptors (Lipinski definition) is 5. The lowest BCUT2D eigenvalue weighted by Gasteiger charge is -2.22. The van der Waals surface area contributed by atoms with Gasteiger partial charge in [0.2, 0.25) is 0 Å². The molecule has 7 heteroatoms. The fraction of sp³-hybridized carbons (Fsp3) is 0.154. The van der Waals surface area contributed by atoms with Crippen molar-refractivity contribution in [3.8, 4) is 5.75 Å². The Hall–Kier alpha value is -3.55. The van der Waals surface area contributed by atoms with Crippen molar-refractivity contribution in [2.24, 2.45) is 0 Å². The second-order valence-electron chi connectivity index (χ2n) is 7.32. The van der Waals surface area contributed by atoms with Crippen LogP contribution in [0.15, 0.2) is 90.9 Å². The van der Waals surface area contributed by atoms with Crippen LogP contribution in [0.3, 0.4) is 0 Å². The number of carbonyl (C=O) groups is 1. The molecule has 0 unspecified atom stereocenters. The van der Waals surface area contributed by atoms with Gasteiger partial charge in [0, 0.05) is 18.5 Å². The van der Waals surface area contributed by atoms with Crippen LogP contribution in [0.4, 0.5) is 4.39 Å².